The number of carbonyl (C=O) groups excluding carboxylic acids is 1. The molecule has 1 spiro atoms. The van der Waals surface area contributed by atoms with E-state index in [4.69, 9.17) is 4.74 Å². The highest BCUT2D eigenvalue weighted by atomic mass is 16.5. The second kappa shape index (κ2) is 7.08. The summed E-state index contributed by atoms with van der Waals surface area (Å²) in [6, 6.07) is 2.55. The molecule has 138 valence electrons. The van der Waals surface area contributed by atoms with Crippen molar-refractivity contribution in [3.63, 3.8) is 0 Å². The standard InChI is InChI=1S/C19H30N4O2/c1-2-15-12-16(21-20-15)13-22-9-7-19(14-22)6-3-8-23(18(19)24)17-4-10-25-11-5-17/h12,17H,2-11,13-14H2,1H3,(H,20,21)/t19-/m0/s1. The predicted octanol–water partition coefficient (Wildman–Crippen LogP) is 1.97. The second-order valence-electron chi connectivity index (χ2n) is 7.92. The Morgan fingerprint density at radius 1 is 1.32 bits per heavy atom. The average molecular weight is 346 g/mol. The molecule has 0 radical (unpaired) electrons. The number of carbonyl (C=O) groups is 1. The van der Waals surface area contributed by atoms with Crippen LogP contribution in [0.1, 0.15) is 50.4 Å². The van der Waals surface area contributed by atoms with Gasteiger partial charge in [0.1, 0.15) is 0 Å². The lowest BCUT2D eigenvalue weighted by Crippen LogP contribution is -2.54. The summed E-state index contributed by atoms with van der Waals surface area (Å²) < 4.78 is 5.48. The Morgan fingerprint density at radius 3 is 2.92 bits per heavy atom. The molecule has 1 aromatic heterocycles. The van der Waals surface area contributed by atoms with Gasteiger partial charge >= 0.3 is 0 Å². The van der Waals surface area contributed by atoms with Crippen molar-refractivity contribution in [3.05, 3.63) is 17.5 Å². The van der Waals surface area contributed by atoms with Gasteiger partial charge < -0.3 is 9.64 Å². The van der Waals surface area contributed by atoms with Crippen molar-refractivity contribution in [3.8, 4) is 0 Å². The molecule has 4 rings (SSSR count). The van der Waals surface area contributed by atoms with Gasteiger partial charge in [-0.15, -0.1) is 0 Å². The van der Waals surface area contributed by atoms with Gasteiger partial charge in [-0.05, 0) is 51.1 Å². The fourth-order valence-corrected chi connectivity index (χ4v) is 4.83. The first kappa shape index (κ1) is 17.0. The Morgan fingerprint density at radius 2 is 2.16 bits per heavy atom. The van der Waals surface area contributed by atoms with Crippen molar-refractivity contribution in [1.82, 2.24) is 20.0 Å². The van der Waals surface area contributed by atoms with Crippen LogP contribution in [0.5, 0.6) is 0 Å². The molecular formula is C19H30N4O2. The first-order valence-corrected chi connectivity index (χ1v) is 9.84. The molecule has 3 aliphatic heterocycles. The molecule has 6 nitrogen and oxygen atoms in total. The largest absolute Gasteiger partial charge is 0.381 e. The number of hydrogen-bond acceptors (Lipinski definition) is 4. The lowest BCUT2D eigenvalue weighted by Gasteiger charge is -2.44. The Balaban J connectivity index is 1.41. The normalized spacial score (nSPS) is 29.0. The van der Waals surface area contributed by atoms with Crippen LogP contribution >= 0.6 is 0 Å². The van der Waals surface area contributed by atoms with Crippen molar-refractivity contribution in [1.29, 1.82) is 0 Å². The van der Waals surface area contributed by atoms with Crippen LogP contribution in [-0.2, 0) is 22.5 Å². The van der Waals surface area contributed by atoms with E-state index in [2.05, 4.69) is 33.0 Å². The minimum atomic E-state index is -0.149. The van der Waals surface area contributed by atoms with E-state index in [1.54, 1.807) is 0 Å². The molecule has 4 heterocycles. The molecule has 3 saturated heterocycles. The summed E-state index contributed by atoms with van der Waals surface area (Å²) in [7, 11) is 0. The Hall–Kier alpha value is -1.40. The number of aromatic amines is 1. The summed E-state index contributed by atoms with van der Waals surface area (Å²) in [6.45, 7) is 7.43. The van der Waals surface area contributed by atoms with Gasteiger partial charge in [-0.1, -0.05) is 6.92 Å². The SMILES string of the molecule is CCc1cc(CN2CC[C@@]3(CCCN(C4CCOCC4)C3=O)C2)[nH]n1. The molecule has 1 aromatic rings. The molecule has 3 fully saturated rings. The molecule has 6 heteroatoms. The van der Waals surface area contributed by atoms with Gasteiger partial charge in [-0.2, -0.15) is 5.10 Å². The number of aromatic nitrogens is 2. The van der Waals surface area contributed by atoms with Gasteiger partial charge in [0.15, 0.2) is 0 Å². The molecule has 1 amide bonds. The zero-order valence-electron chi connectivity index (χ0n) is 15.3. The van der Waals surface area contributed by atoms with E-state index in [0.29, 0.717) is 11.9 Å². The van der Waals surface area contributed by atoms with E-state index in [0.717, 1.165) is 83.6 Å². The van der Waals surface area contributed by atoms with Crippen molar-refractivity contribution < 1.29 is 9.53 Å². The molecule has 3 aliphatic rings. The maximum atomic E-state index is 13.3. The number of nitrogens with zero attached hydrogens (tertiary/aromatic N) is 3. The number of nitrogens with one attached hydrogen (secondary N) is 1. The number of ether oxygens (including phenoxy) is 1. The molecule has 0 aromatic carbocycles. The van der Waals surface area contributed by atoms with Gasteiger partial charge in [-0.3, -0.25) is 14.8 Å². The summed E-state index contributed by atoms with van der Waals surface area (Å²) in [5, 5.41) is 7.48. The molecular weight excluding hydrogens is 316 g/mol. The second-order valence-corrected chi connectivity index (χ2v) is 7.92. The van der Waals surface area contributed by atoms with Crippen LogP contribution in [0, 0.1) is 5.41 Å². The number of rotatable bonds is 4. The first-order chi connectivity index (χ1) is 12.2. The van der Waals surface area contributed by atoms with E-state index in [1.807, 2.05) is 0 Å². The smallest absolute Gasteiger partial charge is 0.230 e. The molecule has 0 saturated carbocycles. The maximum absolute atomic E-state index is 13.3. The van der Waals surface area contributed by atoms with Crippen molar-refractivity contribution in [2.45, 2.75) is 58.0 Å². The Kier molecular flexibility index (Phi) is 4.82. The molecule has 0 aliphatic carbocycles. The minimum Gasteiger partial charge on any atom is -0.381 e. The van der Waals surface area contributed by atoms with E-state index in [9.17, 15) is 4.79 Å². The van der Waals surface area contributed by atoms with Crippen LogP contribution in [0.4, 0.5) is 0 Å². The quantitative estimate of drug-likeness (QED) is 0.905. The molecule has 1 atom stereocenters. The number of amides is 1. The molecule has 1 N–H and O–H groups in total. The van der Waals surface area contributed by atoms with Crippen LogP contribution in [0.3, 0.4) is 0 Å². The topological polar surface area (TPSA) is 61.5 Å². The summed E-state index contributed by atoms with van der Waals surface area (Å²) in [6.07, 6.45) is 6.14. The third-order valence-corrected chi connectivity index (χ3v) is 6.27. The summed E-state index contributed by atoms with van der Waals surface area (Å²) in [5.74, 6) is 0.409. The van der Waals surface area contributed by atoms with Gasteiger partial charge in [0, 0.05) is 44.6 Å². The number of piperidine rings is 1. The van der Waals surface area contributed by atoms with E-state index in [-0.39, 0.29) is 5.41 Å². The highest BCUT2D eigenvalue weighted by Gasteiger charge is 2.49. The van der Waals surface area contributed by atoms with Crippen LogP contribution in [-0.4, -0.2) is 64.8 Å². The molecule has 0 bridgehead atoms. The monoisotopic (exact) mass is 346 g/mol. The average Bonchev–Trinajstić information content (AvgIpc) is 3.26. The number of aryl methyl sites for hydroxylation is 1. The maximum Gasteiger partial charge on any atom is 0.230 e. The Bertz CT molecular complexity index is 610. The number of hydrogen-bond donors (Lipinski definition) is 1. The van der Waals surface area contributed by atoms with Crippen LogP contribution < -0.4 is 0 Å². The third-order valence-electron chi connectivity index (χ3n) is 6.27. The summed E-state index contributed by atoms with van der Waals surface area (Å²) >= 11 is 0. The van der Waals surface area contributed by atoms with Gasteiger partial charge in [0.25, 0.3) is 0 Å². The highest BCUT2D eigenvalue weighted by molar-refractivity contribution is 5.84. The number of H-pyrrole nitrogens is 1. The summed E-state index contributed by atoms with van der Waals surface area (Å²) in [4.78, 5) is 18.0. The van der Waals surface area contributed by atoms with Crippen LogP contribution in [0.15, 0.2) is 6.07 Å². The Labute approximate surface area is 149 Å². The molecule has 0 unspecified atom stereocenters. The highest BCUT2D eigenvalue weighted by Crippen LogP contribution is 2.41. The molecule has 25 heavy (non-hydrogen) atoms. The van der Waals surface area contributed by atoms with E-state index in [1.165, 1.54) is 5.69 Å². The zero-order chi connectivity index (χ0) is 17.3. The minimum absolute atomic E-state index is 0.149. The van der Waals surface area contributed by atoms with Crippen molar-refractivity contribution in [2.75, 3.05) is 32.8 Å². The van der Waals surface area contributed by atoms with Gasteiger partial charge in [0.2, 0.25) is 5.91 Å². The van der Waals surface area contributed by atoms with E-state index >= 15 is 0 Å². The van der Waals surface area contributed by atoms with Crippen LogP contribution in [0.2, 0.25) is 0 Å². The van der Waals surface area contributed by atoms with Crippen molar-refractivity contribution >= 4 is 5.91 Å². The lowest BCUT2D eigenvalue weighted by atomic mass is 9.77. The third kappa shape index (κ3) is 3.34. The number of likely N-dealkylation sites (tertiary alicyclic amines) is 2. The van der Waals surface area contributed by atoms with E-state index < -0.39 is 0 Å². The zero-order valence-corrected chi connectivity index (χ0v) is 15.3. The fourth-order valence-electron chi connectivity index (χ4n) is 4.83. The van der Waals surface area contributed by atoms with Gasteiger partial charge in [0.05, 0.1) is 11.1 Å². The lowest BCUT2D eigenvalue weighted by molar-refractivity contribution is -0.150. The predicted molar refractivity (Wildman–Crippen MR) is 95.1 cm³/mol. The van der Waals surface area contributed by atoms with Crippen molar-refractivity contribution in [2.24, 2.45) is 5.41 Å². The van der Waals surface area contributed by atoms with Gasteiger partial charge in [-0.25, -0.2) is 0 Å². The summed E-state index contributed by atoms with van der Waals surface area (Å²) in [5.41, 5.74) is 2.13. The first-order valence-electron chi connectivity index (χ1n) is 9.84. The van der Waals surface area contributed by atoms with Crippen LogP contribution in [0.25, 0.3) is 0 Å². The fraction of sp³-hybridized carbons (Fsp3) is 0.789.